The van der Waals surface area contributed by atoms with E-state index in [-0.39, 0.29) is 5.56 Å². The Bertz CT molecular complexity index is 860. The SMILES string of the molecule is CCc1nc2ccc(F)cc2c(C(=O)O)c1-c1ccccc1. The third kappa shape index (κ3) is 2.33. The van der Waals surface area contributed by atoms with Crippen molar-refractivity contribution in [1.29, 1.82) is 0 Å². The molecule has 0 amide bonds. The summed E-state index contributed by atoms with van der Waals surface area (Å²) < 4.78 is 13.6. The molecule has 3 nitrogen and oxygen atoms in total. The van der Waals surface area contributed by atoms with Gasteiger partial charge in [-0.25, -0.2) is 9.18 Å². The molecule has 3 aromatic rings. The quantitative estimate of drug-likeness (QED) is 0.783. The highest BCUT2D eigenvalue weighted by Crippen LogP contribution is 2.32. The van der Waals surface area contributed by atoms with Crippen molar-refractivity contribution in [3.63, 3.8) is 0 Å². The number of aromatic carboxylic acids is 1. The van der Waals surface area contributed by atoms with Crippen LogP contribution in [0.1, 0.15) is 23.0 Å². The van der Waals surface area contributed by atoms with Crippen molar-refractivity contribution < 1.29 is 14.3 Å². The van der Waals surface area contributed by atoms with Gasteiger partial charge in [-0.3, -0.25) is 4.98 Å². The topological polar surface area (TPSA) is 50.2 Å². The molecule has 0 radical (unpaired) electrons. The summed E-state index contributed by atoms with van der Waals surface area (Å²) in [4.78, 5) is 16.4. The van der Waals surface area contributed by atoms with Gasteiger partial charge in [0.05, 0.1) is 11.1 Å². The first-order valence-corrected chi connectivity index (χ1v) is 7.02. The molecule has 0 unspecified atom stereocenters. The molecule has 1 aromatic heterocycles. The number of fused-ring (bicyclic) bond motifs is 1. The van der Waals surface area contributed by atoms with Crippen LogP contribution in [0.15, 0.2) is 48.5 Å². The normalized spacial score (nSPS) is 10.8. The Hall–Kier alpha value is -2.75. The van der Waals surface area contributed by atoms with Crippen LogP contribution >= 0.6 is 0 Å². The number of hydrogen-bond donors (Lipinski definition) is 1. The van der Waals surface area contributed by atoms with Crippen LogP contribution in [0.4, 0.5) is 4.39 Å². The minimum atomic E-state index is -1.08. The molecular formula is C18H14FNO2. The minimum Gasteiger partial charge on any atom is -0.478 e. The number of benzene rings is 2. The number of hydrogen-bond acceptors (Lipinski definition) is 2. The van der Waals surface area contributed by atoms with Crippen molar-refractivity contribution in [3.05, 3.63) is 65.6 Å². The number of pyridine rings is 1. The molecule has 0 saturated heterocycles. The van der Waals surface area contributed by atoms with Gasteiger partial charge in [0, 0.05) is 16.6 Å². The van der Waals surface area contributed by atoms with Crippen LogP contribution in [0, 0.1) is 5.82 Å². The number of nitrogens with zero attached hydrogens (tertiary/aromatic N) is 1. The fourth-order valence-corrected chi connectivity index (χ4v) is 2.68. The summed E-state index contributed by atoms with van der Waals surface area (Å²) in [5.74, 6) is -1.55. The van der Waals surface area contributed by atoms with Crippen LogP contribution in [0.25, 0.3) is 22.0 Å². The molecule has 0 bridgehead atoms. The van der Waals surface area contributed by atoms with E-state index in [1.807, 2.05) is 37.3 Å². The monoisotopic (exact) mass is 295 g/mol. The number of carbonyl (C=O) groups is 1. The van der Waals surface area contributed by atoms with Crippen molar-refractivity contribution in [2.75, 3.05) is 0 Å². The van der Waals surface area contributed by atoms with E-state index in [0.29, 0.717) is 28.6 Å². The van der Waals surface area contributed by atoms with E-state index in [9.17, 15) is 14.3 Å². The maximum absolute atomic E-state index is 13.6. The van der Waals surface area contributed by atoms with Crippen molar-refractivity contribution in [3.8, 4) is 11.1 Å². The maximum atomic E-state index is 13.6. The summed E-state index contributed by atoms with van der Waals surface area (Å²) in [5, 5.41) is 10.0. The minimum absolute atomic E-state index is 0.104. The lowest BCUT2D eigenvalue weighted by atomic mass is 9.93. The van der Waals surface area contributed by atoms with Crippen molar-refractivity contribution in [2.24, 2.45) is 0 Å². The summed E-state index contributed by atoms with van der Waals surface area (Å²) in [6.45, 7) is 1.93. The second-order valence-electron chi connectivity index (χ2n) is 4.99. The van der Waals surface area contributed by atoms with Gasteiger partial charge in [0.25, 0.3) is 0 Å². The van der Waals surface area contributed by atoms with Crippen LogP contribution in [-0.2, 0) is 6.42 Å². The fraction of sp³-hybridized carbons (Fsp3) is 0.111. The fourth-order valence-electron chi connectivity index (χ4n) is 2.68. The van der Waals surface area contributed by atoms with Crippen LogP contribution < -0.4 is 0 Å². The van der Waals surface area contributed by atoms with E-state index in [1.54, 1.807) is 0 Å². The second-order valence-corrected chi connectivity index (χ2v) is 4.99. The standard InChI is InChI=1S/C18H14FNO2/c1-2-14-16(11-6-4-3-5-7-11)17(18(21)22)13-10-12(19)8-9-15(13)20-14/h3-10H,2H2,1H3,(H,21,22). The molecule has 110 valence electrons. The second kappa shape index (κ2) is 5.56. The molecule has 3 rings (SSSR count). The Morgan fingerprint density at radius 1 is 1.18 bits per heavy atom. The zero-order valence-corrected chi connectivity index (χ0v) is 12.0. The average molecular weight is 295 g/mol. The Kier molecular flexibility index (Phi) is 3.59. The summed E-state index contributed by atoms with van der Waals surface area (Å²) in [7, 11) is 0. The first kappa shape index (κ1) is 14.2. The van der Waals surface area contributed by atoms with Gasteiger partial charge in [-0.05, 0) is 30.2 Å². The van der Waals surface area contributed by atoms with E-state index in [1.165, 1.54) is 18.2 Å². The van der Waals surface area contributed by atoms with Gasteiger partial charge in [-0.15, -0.1) is 0 Å². The summed E-state index contributed by atoms with van der Waals surface area (Å²) in [6, 6.07) is 13.3. The lowest BCUT2D eigenvalue weighted by Gasteiger charge is -2.14. The van der Waals surface area contributed by atoms with Gasteiger partial charge in [-0.2, -0.15) is 0 Å². The number of rotatable bonds is 3. The van der Waals surface area contributed by atoms with Gasteiger partial charge < -0.3 is 5.11 Å². The van der Waals surface area contributed by atoms with Gasteiger partial charge in [0.1, 0.15) is 5.82 Å². The first-order chi connectivity index (χ1) is 10.6. The first-order valence-electron chi connectivity index (χ1n) is 7.02. The Morgan fingerprint density at radius 3 is 2.55 bits per heavy atom. The number of aromatic nitrogens is 1. The van der Waals surface area contributed by atoms with Crippen molar-refractivity contribution in [2.45, 2.75) is 13.3 Å². The molecule has 2 aromatic carbocycles. The third-order valence-electron chi connectivity index (χ3n) is 3.63. The molecule has 4 heteroatoms. The van der Waals surface area contributed by atoms with Gasteiger partial charge >= 0.3 is 5.97 Å². The molecule has 1 heterocycles. The van der Waals surface area contributed by atoms with Crippen LogP contribution in [-0.4, -0.2) is 16.1 Å². The molecule has 0 aliphatic rings. The summed E-state index contributed by atoms with van der Waals surface area (Å²) >= 11 is 0. The van der Waals surface area contributed by atoms with Crippen LogP contribution in [0.2, 0.25) is 0 Å². The predicted octanol–water partition coefficient (Wildman–Crippen LogP) is 4.30. The Morgan fingerprint density at radius 2 is 1.91 bits per heavy atom. The lowest BCUT2D eigenvalue weighted by molar-refractivity contribution is 0.0699. The summed E-state index contributed by atoms with van der Waals surface area (Å²) in [6.07, 6.45) is 0.595. The molecular weight excluding hydrogens is 281 g/mol. The molecule has 22 heavy (non-hydrogen) atoms. The highest BCUT2D eigenvalue weighted by Gasteiger charge is 2.21. The van der Waals surface area contributed by atoms with E-state index >= 15 is 0 Å². The van der Waals surface area contributed by atoms with Gasteiger partial charge in [0.15, 0.2) is 0 Å². The van der Waals surface area contributed by atoms with E-state index in [4.69, 9.17) is 0 Å². The highest BCUT2D eigenvalue weighted by molar-refractivity contribution is 6.09. The highest BCUT2D eigenvalue weighted by atomic mass is 19.1. The van der Waals surface area contributed by atoms with E-state index in [2.05, 4.69) is 4.98 Å². The summed E-state index contributed by atoms with van der Waals surface area (Å²) in [5.41, 5.74) is 2.63. The van der Waals surface area contributed by atoms with Gasteiger partial charge in [0.2, 0.25) is 0 Å². The molecule has 0 atom stereocenters. The smallest absolute Gasteiger partial charge is 0.337 e. The zero-order chi connectivity index (χ0) is 15.7. The Labute approximate surface area is 127 Å². The van der Waals surface area contributed by atoms with Crippen LogP contribution in [0.3, 0.4) is 0 Å². The number of aryl methyl sites for hydroxylation is 1. The average Bonchev–Trinajstić information content (AvgIpc) is 2.53. The number of carboxylic acid groups (broad SMARTS) is 1. The zero-order valence-electron chi connectivity index (χ0n) is 12.0. The molecule has 0 saturated carbocycles. The third-order valence-corrected chi connectivity index (χ3v) is 3.63. The maximum Gasteiger partial charge on any atom is 0.337 e. The van der Waals surface area contributed by atoms with E-state index in [0.717, 1.165) is 5.56 Å². The van der Waals surface area contributed by atoms with Crippen molar-refractivity contribution >= 4 is 16.9 Å². The predicted molar refractivity (Wildman–Crippen MR) is 83.5 cm³/mol. The number of carboxylic acids is 1. The molecule has 1 N–H and O–H groups in total. The van der Waals surface area contributed by atoms with Gasteiger partial charge in [-0.1, -0.05) is 37.3 Å². The molecule has 0 fully saturated rings. The molecule has 0 aliphatic heterocycles. The van der Waals surface area contributed by atoms with E-state index < -0.39 is 11.8 Å². The van der Waals surface area contributed by atoms with Crippen molar-refractivity contribution in [1.82, 2.24) is 4.98 Å². The van der Waals surface area contributed by atoms with Crippen LogP contribution in [0.5, 0.6) is 0 Å². The largest absolute Gasteiger partial charge is 0.478 e. The molecule has 0 spiro atoms. The number of halogens is 1. The molecule has 0 aliphatic carbocycles. The lowest BCUT2D eigenvalue weighted by Crippen LogP contribution is -2.06. The Balaban J connectivity index is 2.48.